The Kier molecular flexibility index (Phi) is 3.35. The average Bonchev–Trinajstić information content (AvgIpc) is 2.65. The predicted molar refractivity (Wildman–Crippen MR) is 66.3 cm³/mol. The van der Waals surface area contributed by atoms with E-state index in [1.54, 1.807) is 0 Å². The van der Waals surface area contributed by atoms with E-state index in [0.29, 0.717) is 5.92 Å². The van der Waals surface area contributed by atoms with Gasteiger partial charge in [0.2, 0.25) is 0 Å². The minimum Gasteiger partial charge on any atom is -0.118 e. The van der Waals surface area contributed by atoms with Crippen molar-refractivity contribution in [1.82, 2.24) is 0 Å². The lowest BCUT2D eigenvalue weighted by molar-refractivity contribution is 0.406. The van der Waals surface area contributed by atoms with Crippen LogP contribution in [0.15, 0.2) is 24.3 Å². The van der Waals surface area contributed by atoms with Crippen LogP contribution in [0.1, 0.15) is 42.7 Å². The van der Waals surface area contributed by atoms with Crippen LogP contribution in [-0.2, 0) is 0 Å². The van der Waals surface area contributed by atoms with Gasteiger partial charge in [0.15, 0.2) is 0 Å². The minimum absolute atomic E-state index is 0.211. The van der Waals surface area contributed by atoms with Crippen LogP contribution >= 0.6 is 11.6 Å². The van der Waals surface area contributed by atoms with Gasteiger partial charge in [-0.15, -0.1) is 11.6 Å². The molecule has 3 atom stereocenters. The van der Waals surface area contributed by atoms with Crippen LogP contribution in [0.2, 0.25) is 0 Å². The molecule has 0 radical (unpaired) electrons. The largest absolute Gasteiger partial charge is 0.118 e. The van der Waals surface area contributed by atoms with Crippen LogP contribution in [0, 0.1) is 18.8 Å². The third-order valence-electron chi connectivity index (χ3n) is 3.70. The Morgan fingerprint density at radius 2 is 1.87 bits per heavy atom. The summed E-state index contributed by atoms with van der Waals surface area (Å²) >= 11 is 6.56. The van der Waals surface area contributed by atoms with Crippen LogP contribution in [0.3, 0.4) is 0 Å². The summed E-state index contributed by atoms with van der Waals surface area (Å²) in [4.78, 5) is 0. The van der Waals surface area contributed by atoms with Crippen molar-refractivity contribution in [1.29, 1.82) is 0 Å². The number of hydrogen-bond donors (Lipinski definition) is 0. The van der Waals surface area contributed by atoms with Crippen LogP contribution in [0.4, 0.5) is 0 Å². The Morgan fingerprint density at radius 1 is 1.20 bits per heavy atom. The Labute approximate surface area is 97.6 Å². The first-order valence-electron chi connectivity index (χ1n) is 5.89. The van der Waals surface area contributed by atoms with Crippen molar-refractivity contribution in [3.8, 4) is 0 Å². The summed E-state index contributed by atoms with van der Waals surface area (Å²) in [6.45, 7) is 4.45. The molecule has 0 aromatic heterocycles. The Balaban J connectivity index is 2.13. The van der Waals surface area contributed by atoms with Crippen LogP contribution in [0.5, 0.6) is 0 Å². The van der Waals surface area contributed by atoms with Crippen LogP contribution in [0.25, 0.3) is 0 Å². The van der Waals surface area contributed by atoms with E-state index in [2.05, 4.69) is 38.1 Å². The van der Waals surface area contributed by atoms with E-state index < -0.39 is 0 Å². The lowest BCUT2D eigenvalue weighted by Gasteiger charge is -2.21. The summed E-state index contributed by atoms with van der Waals surface area (Å²) in [6.07, 6.45) is 3.99. The number of benzene rings is 1. The molecule has 0 aliphatic heterocycles. The lowest BCUT2D eigenvalue weighted by atomic mass is 9.90. The van der Waals surface area contributed by atoms with Gasteiger partial charge in [0.1, 0.15) is 0 Å². The second-order valence-corrected chi connectivity index (χ2v) is 5.35. The number of halogens is 1. The number of hydrogen-bond acceptors (Lipinski definition) is 0. The second kappa shape index (κ2) is 4.57. The number of aryl methyl sites for hydroxylation is 1. The average molecular weight is 223 g/mol. The standard InChI is InChI=1S/C14H19Cl/c1-10-6-8-12(9-7-10)14(15)13-5-3-4-11(13)2/h6-9,11,13-14H,3-5H2,1-2H3. The quantitative estimate of drug-likeness (QED) is 0.636. The molecule has 82 valence electrons. The molecule has 1 aromatic carbocycles. The summed E-state index contributed by atoms with van der Waals surface area (Å²) in [5, 5.41) is 0.211. The Morgan fingerprint density at radius 3 is 2.40 bits per heavy atom. The molecule has 1 aliphatic carbocycles. The monoisotopic (exact) mass is 222 g/mol. The third-order valence-corrected chi connectivity index (χ3v) is 4.28. The maximum Gasteiger partial charge on any atom is 0.0615 e. The van der Waals surface area contributed by atoms with Crippen molar-refractivity contribution < 1.29 is 0 Å². The van der Waals surface area contributed by atoms with E-state index in [-0.39, 0.29) is 5.38 Å². The number of alkyl halides is 1. The van der Waals surface area contributed by atoms with Crippen molar-refractivity contribution >= 4 is 11.6 Å². The second-order valence-electron chi connectivity index (χ2n) is 4.88. The lowest BCUT2D eigenvalue weighted by Crippen LogP contribution is -2.10. The van der Waals surface area contributed by atoms with Crippen molar-refractivity contribution in [2.24, 2.45) is 11.8 Å². The summed E-state index contributed by atoms with van der Waals surface area (Å²) < 4.78 is 0. The van der Waals surface area contributed by atoms with Crippen LogP contribution in [-0.4, -0.2) is 0 Å². The highest BCUT2D eigenvalue weighted by atomic mass is 35.5. The molecule has 0 bridgehead atoms. The van der Waals surface area contributed by atoms with Crippen molar-refractivity contribution in [2.75, 3.05) is 0 Å². The van der Waals surface area contributed by atoms with E-state index in [9.17, 15) is 0 Å². The molecule has 1 fully saturated rings. The zero-order chi connectivity index (χ0) is 10.8. The Bertz CT molecular complexity index is 315. The SMILES string of the molecule is Cc1ccc(C(Cl)C2CCCC2C)cc1. The molecule has 0 nitrogen and oxygen atoms in total. The molecule has 1 heteroatoms. The van der Waals surface area contributed by atoms with Gasteiger partial charge < -0.3 is 0 Å². The highest BCUT2D eigenvalue weighted by Gasteiger charge is 2.30. The maximum absolute atomic E-state index is 6.56. The van der Waals surface area contributed by atoms with Crippen molar-refractivity contribution in [3.05, 3.63) is 35.4 Å². The summed E-state index contributed by atoms with van der Waals surface area (Å²) in [6, 6.07) is 8.67. The zero-order valence-corrected chi connectivity index (χ0v) is 10.3. The summed E-state index contributed by atoms with van der Waals surface area (Å²) in [5.41, 5.74) is 2.60. The van der Waals surface area contributed by atoms with Gasteiger partial charge in [-0.05, 0) is 30.7 Å². The molecule has 2 rings (SSSR count). The summed E-state index contributed by atoms with van der Waals surface area (Å²) in [5.74, 6) is 1.46. The molecule has 1 aromatic rings. The summed E-state index contributed by atoms with van der Waals surface area (Å²) in [7, 11) is 0. The molecule has 0 N–H and O–H groups in total. The molecule has 0 amide bonds. The van der Waals surface area contributed by atoms with Crippen molar-refractivity contribution in [3.63, 3.8) is 0 Å². The van der Waals surface area contributed by atoms with Gasteiger partial charge >= 0.3 is 0 Å². The minimum atomic E-state index is 0.211. The topological polar surface area (TPSA) is 0 Å². The predicted octanol–water partition coefficient (Wildman–Crippen LogP) is 4.71. The fraction of sp³-hybridized carbons (Fsp3) is 0.571. The maximum atomic E-state index is 6.56. The molecule has 0 heterocycles. The van der Waals surface area contributed by atoms with E-state index in [0.717, 1.165) is 5.92 Å². The molecule has 3 unspecified atom stereocenters. The molecule has 1 saturated carbocycles. The van der Waals surface area contributed by atoms with Gasteiger partial charge in [-0.1, -0.05) is 49.6 Å². The first-order valence-corrected chi connectivity index (χ1v) is 6.33. The highest BCUT2D eigenvalue weighted by molar-refractivity contribution is 6.21. The van der Waals surface area contributed by atoms with E-state index in [1.807, 2.05) is 0 Å². The molecule has 1 aliphatic rings. The van der Waals surface area contributed by atoms with Crippen molar-refractivity contribution in [2.45, 2.75) is 38.5 Å². The highest BCUT2D eigenvalue weighted by Crippen LogP contribution is 2.43. The molecule has 15 heavy (non-hydrogen) atoms. The zero-order valence-electron chi connectivity index (χ0n) is 9.54. The first kappa shape index (κ1) is 11.0. The normalized spacial score (nSPS) is 27.9. The number of rotatable bonds is 2. The molecule has 0 saturated heterocycles. The Hall–Kier alpha value is -0.490. The smallest absolute Gasteiger partial charge is 0.0615 e. The first-order chi connectivity index (χ1) is 7.18. The van der Waals surface area contributed by atoms with Crippen LogP contribution < -0.4 is 0 Å². The van der Waals surface area contributed by atoms with E-state index in [4.69, 9.17) is 11.6 Å². The van der Waals surface area contributed by atoms with Gasteiger partial charge in [0, 0.05) is 0 Å². The van der Waals surface area contributed by atoms with Gasteiger partial charge in [-0.2, -0.15) is 0 Å². The molecular weight excluding hydrogens is 204 g/mol. The molecule has 0 spiro atoms. The van der Waals surface area contributed by atoms with E-state index >= 15 is 0 Å². The van der Waals surface area contributed by atoms with E-state index in [1.165, 1.54) is 30.4 Å². The third kappa shape index (κ3) is 2.36. The molecular formula is C14H19Cl. The fourth-order valence-corrected chi connectivity index (χ4v) is 3.13. The van der Waals surface area contributed by atoms with Gasteiger partial charge in [0.25, 0.3) is 0 Å². The van der Waals surface area contributed by atoms with Gasteiger partial charge in [-0.25, -0.2) is 0 Å². The fourth-order valence-electron chi connectivity index (χ4n) is 2.61. The van der Waals surface area contributed by atoms with Gasteiger partial charge in [-0.3, -0.25) is 0 Å². The van der Waals surface area contributed by atoms with Gasteiger partial charge in [0.05, 0.1) is 5.38 Å².